The Kier molecular flexibility index (Phi) is 4.49. The van der Waals surface area contributed by atoms with Crippen LogP contribution in [0.15, 0.2) is 0 Å². The minimum atomic E-state index is -3.99. The summed E-state index contributed by atoms with van der Waals surface area (Å²) in [4.78, 5) is 0. The molecule has 0 aliphatic carbocycles. The van der Waals surface area contributed by atoms with Crippen molar-refractivity contribution < 1.29 is 13.2 Å². The van der Waals surface area contributed by atoms with E-state index in [1.165, 1.54) is 0 Å². The second-order valence-corrected chi connectivity index (χ2v) is 10.2. The van der Waals surface area contributed by atoms with Crippen LogP contribution in [0.25, 0.3) is 0 Å². The van der Waals surface area contributed by atoms with Crippen molar-refractivity contribution in [3.63, 3.8) is 0 Å². The van der Waals surface area contributed by atoms with E-state index in [0.29, 0.717) is 0 Å². The summed E-state index contributed by atoms with van der Waals surface area (Å²) in [5, 5.41) is 0. The van der Waals surface area contributed by atoms with Crippen molar-refractivity contribution in [2.24, 2.45) is 0 Å². The molecule has 0 saturated heterocycles. The van der Waals surface area contributed by atoms with E-state index < -0.39 is 20.7 Å². The Hall–Kier alpha value is 0.00688. The zero-order valence-electron chi connectivity index (χ0n) is 8.83. The molecular formula is C9H19F3Si. The predicted molar refractivity (Wildman–Crippen MR) is 52.7 cm³/mol. The van der Waals surface area contributed by atoms with E-state index >= 15 is 0 Å². The molecule has 0 saturated carbocycles. The molecule has 0 heterocycles. The number of halogens is 3. The molecule has 0 amide bonds. The summed E-state index contributed by atoms with van der Waals surface area (Å²) >= 11 is 0. The van der Waals surface area contributed by atoms with Crippen LogP contribution in [0.2, 0.25) is 25.2 Å². The highest BCUT2D eigenvalue weighted by atomic mass is 28.3. The average Bonchev–Trinajstić information content (AvgIpc) is 1.81. The molecule has 0 aromatic rings. The highest BCUT2D eigenvalue weighted by Crippen LogP contribution is 2.37. The zero-order valence-corrected chi connectivity index (χ0v) is 9.83. The highest BCUT2D eigenvalue weighted by molar-refractivity contribution is 6.77. The van der Waals surface area contributed by atoms with Crippen LogP contribution in [-0.4, -0.2) is 14.3 Å². The molecular weight excluding hydrogens is 193 g/mol. The lowest BCUT2D eigenvalue weighted by molar-refractivity contribution is -0.135. The number of hydrogen-bond donors (Lipinski definition) is 0. The van der Waals surface area contributed by atoms with Crippen molar-refractivity contribution >= 4 is 8.07 Å². The maximum Gasteiger partial charge on any atom is 0.389 e. The molecule has 13 heavy (non-hydrogen) atoms. The van der Waals surface area contributed by atoms with Crippen LogP contribution in [0.5, 0.6) is 0 Å². The molecule has 0 rings (SSSR count). The van der Waals surface area contributed by atoms with Crippen molar-refractivity contribution in [1.82, 2.24) is 0 Å². The van der Waals surface area contributed by atoms with Gasteiger partial charge in [-0.1, -0.05) is 39.4 Å². The summed E-state index contributed by atoms with van der Waals surface area (Å²) < 4.78 is 36.5. The lowest BCUT2D eigenvalue weighted by atomic mass is 10.2. The molecule has 80 valence electrons. The van der Waals surface area contributed by atoms with Crippen LogP contribution in [0.3, 0.4) is 0 Å². The quantitative estimate of drug-likeness (QED) is 0.604. The van der Waals surface area contributed by atoms with Gasteiger partial charge in [-0.2, -0.15) is 13.2 Å². The summed E-state index contributed by atoms with van der Waals surface area (Å²) in [7, 11) is -1.64. The van der Waals surface area contributed by atoms with Crippen molar-refractivity contribution in [2.75, 3.05) is 0 Å². The maximum absolute atomic E-state index is 12.2. The summed E-state index contributed by atoms with van der Waals surface area (Å²) in [5.41, 5.74) is -0.113. The Labute approximate surface area is 79.5 Å². The normalized spacial score (nSPS) is 15.9. The van der Waals surface area contributed by atoms with Crippen LogP contribution in [-0.2, 0) is 0 Å². The fourth-order valence-corrected chi connectivity index (χ4v) is 3.47. The van der Waals surface area contributed by atoms with Gasteiger partial charge in [-0.3, -0.25) is 0 Å². The van der Waals surface area contributed by atoms with Crippen molar-refractivity contribution in [3.8, 4) is 0 Å². The Morgan fingerprint density at radius 2 is 1.62 bits per heavy atom. The first kappa shape index (κ1) is 13.0. The second kappa shape index (κ2) is 4.49. The summed E-state index contributed by atoms with van der Waals surface area (Å²) in [5.74, 6) is 0. The predicted octanol–water partition coefficient (Wildman–Crippen LogP) is 4.45. The van der Waals surface area contributed by atoms with Gasteiger partial charge in [0.15, 0.2) is 0 Å². The minimum Gasteiger partial charge on any atom is -0.171 e. The molecule has 0 fully saturated rings. The molecule has 0 bridgehead atoms. The highest BCUT2D eigenvalue weighted by Gasteiger charge is 2.37. The molecule has 4 heteroatoms. The van der Waals surface area contributed by atoms with Gasteiger partial charge in [0.25, 0.3) is 0 Å². The van der Waals surface area contributed by atoms with Gasteiger partial charge in [0.05, 0.1) is 0 Å². The van der Waals surface area contributed by atoms with Crippen molar-refractivity contribution in [1.29, 1.82) is 0 Å². The van der Waals surface area contributed by atoms with Crippen LogP contribution >= 0.6 is 0 Å². The van der Waals surface area contributed by atoms with Gasteiger partial charge in [-0.25, -0.2) is 0 Å². The molecule has 0 aromatic heterocycles. The van der Waals surface area contributed by atoms with Gasteiger partial charge in [0.2, 0.25) is 0 Å². The summed E-state index contributed by atoms with van der Waals surface area (Å²) in [6, 6.07) is 0. The maximum atomic E-state index is 12.2. The van der Waals surface area contributed by atoms with Crippen LogP contribution in [0.4, 0.5) is 13.2 Å². The third kappa shape index (κ3) is 6.13. The molecule has 0 radical (unpaired) electrons. The van der Waals surface area contributed by atoms with Crippen molar-refractivity contribution in [2.45, 2.75) is 57.5 Å². The van der Waals surface area contributed by atoms with Gasteiger partial charge in [0.1, 0.15) is 0 Å². The van der Waals surface area contributed by atoms with E-state index in [1.807, 2.05) is 26.6 Å². The van der Waals surface area contributed by atoms with Gasteiger partial charge in [-0.05, 0) is 5.54 Å². The smallest absolute Gasteiger partial charge is 0.171 e. The number of hydrogen-bond acceptors (Lipinski definition) is 0. The lowest BCUT2D eigenvalue weighted by Gasteiger charge is -2.29. The first-order valence-corrected chi connectivity index (χ1v) is 8.31. The zero-order chi connectivity index (χ0) is 10.7. The molecule has 1 unspecified atom stereocenters. The molecule has 0 aromatic carbocycles. The standard InChI is InChI=1S/C9H19F3Si/c1-5-6-8(13(2,3)4)7-9(10,11)12/h8H,5-7H2,1-4H3. The molecule has 0 aliphatic rings. The Bertz CT molecular complexity index is 146. The van der Waals surface area contributed by atoms with E-state index in [4.69, 9.17) is 0 Å². The Balaban J connectivity index is 4.27. The average molecular weight is 212 g/mol. The Morgan fingerprint density at radius 3 is 1.85 bits per heavy atom. The summed E-state index contributed by atoms with van der Waals surface area (Å²) in [6.07, 6.45) is -3.00. The molecule has 0 nitrogen and oxygen atoms in total. The van der Waals surface area contributed by atoms with Gasteiger partial charge < -0.3 is 0 Å². The topological polar surface area (TPSA) is 0 Å². The fraction of sp³-hybridized carbons (Fsp3) is 1.00. The molecule has 0 spiro atoms. The van der Waals surface area contributed by atoms with Gasteiger partial charge >= 0.3 is 6.18 Å². The van der Waals surface area contributed by atoms with E-state index in [-0.39, 0.29) is 5.54 Å². The molecule has 0 aliphatic heterocycles. The van der Waals surface area contributed by atoms with Crippen LogP contribution < -0.4 is 0 Å². The van der Waals surface area contributed by atoms with Crippen LogP contribution in [0, 0.1) is 0 Å². The first-order valence-electron chi connectivity index (χ1n) is 4.73. The molecule has 1 atom stereocenters. The van der Waals surface area contributed by atoms with Gasteiger partial charge in [-0.15, -0.1) is 0 Å². The molecule has 0 N–H and O–H groups in total. The van der Waals surface area contributed by atoms with E-state index in [0.717, 1.165) is 12.8 Å². The van der Waals surface area contributed by atoms with E-state index in [1.54, 1.807) is 0 Å². The summed E-state index contributed by atoms with van der Waals surface area (Å²) in [6.45, 7) is 7.99. The Morgan fingerprint density at radius 1 is 1.15 bits per heavy atom. The largest absolute Gasteiger partial charge is 0.389 e. The lowest BCUT2D eigenvalue weighted by Crippen LogP contribution is -2.31. The number of alkyl halides is 3. The third-order valence-electron chi connectivity index (χ3n) is 2.34. The van der Waals surface area contributed by atoms with E-state index in [2.05, 4.69) is 0 Å². The van der Waals surface area contributed by atoms with Crippen molar-refractivity contribution in [3.05, 3.63) is 0 Å². The monoisotopic (exact) mass is 212 g/mol. The van der Waals surface area contributed by atoms with E-state index in [9.17, 15) is 13.2 Å². The fourth-order valence-electron chi connectivity index (χ4n) is 1.47. The number of rotatable bonds is 4. The first-order chi connectivity index (χ1) is 5.67. The van der Waals surface area contributed by atoms with Crippen LogP contribution in [0.1, 0.15) is 26.2 Å². The van der Waals surface area contributed by atoms with Gasteiger partial charge in [0, 0.05) is 14.5 Å². The second-order valence-electron chi connectivity index (χ2n) is 4.67. The third-order valence-corrected chi connectivity index (χ3v) is 5.28. The SMILES string of the molecule is CCCC(CC(F)(F)F)[Si](C)(C)C. The minimum absolute atomic E-state index is 0.113.